The summed E-state index contributed by atoms with van der Waals surface area (Å²) in [6.07, 6.45) is 0. The minimum absolute atomic E-state index is 0.870. The summed E-state index contributed by atoms with van der Waals surface area (Å²) in [4.78, 5) is 2.46. The molecule has 0 fully saturated rings. The van der Waals surface area contributed by atoms with E-state index in [1.165, 1.54) is 54.2 Å². The monoisotopic (exact) mass is 687 g/mol. The largest absolute Gasteiger partial charge is 0.455 e. The minimum Gasteiger partial charge on any atom is -0.455 e. The van der Waals surface area contributed by atoms with Crippen molar-refractivity contribution in [1.29, 1.82) is 0 Å². The quantitative estimate of drug-likeness (QED) is 0.168. The fraction of sp³-hybridized carbons (Fsp3) is 0. The molecule has 0 atom stereocenters. The van der Waals surface area contributed by atoms with E-state index in [1.54, 1.807) is 0 Å². The van der Waals surface area contributed by atoms with Crippen LogP contribution in [0.25, 0.3) is 87.3 Å². The molecule has 1 aromatic heterocycles. The van der Waals surface area contributed by atoms with Crippen LogP contribution in [-0.2, 0) is 0 Å². The Balaban J connectivity index is 1.22. The first-order valence-corrected chi connectivity index (χ1v) is 18.5. The molecule has 0 saturated heterocycles. The summed E-state index contributed by atoms with van der Waals surface area (Å²) in [5.74, 6) is 0. The van der Waals surface area contributed by atoms with Crippen molar-refractivity contribution in [3.05, 3.63) is 200 Å². The molecule has 0 saturated carbocycles. The van der Waals surface area contributed by atoms with Gasteiger partial charge in [0.15, 0.2) is 0 Å². The molecule has 0 amide bonds. The Morgan fingerprint density at radius 1 is 0.333 bits per heavy atom. The number of hydrogen-bond acceptors (Lipinski definition) is 2. The smallest absolute Gasteiger partial charge is 0.145 e. The number of hydrogen-bond donors (Lipinski definition) is 0. The third-order valence-corrected chi connectivity index (χ3v) is 11.0. The number of furan rings is 1. The van der Waals surface area contributed by atoms with Gasteiger partial charge in [-0.15, -0.1) is 0 Å². The number of benzene rings is 10. The first-order valence-electron chi connectivity index (χ1n) is 18.5. The zero-order valence-electron chi connectivity index (χ0n) is 29.4. The second kappa shape index (κ2) is 12.2. The molecular weight excluding hydrogens is 655 g/mol. The molecule has 0 N–H and O–H groups in total. The first kappa shape index (κ1) is 30.5. The van der Waals surface area contributed by atoms with Crippen LogP contribution in [0, 0.1) is 0 Å². The highest BCUT2D eigenvalue weighted by Crippen LogP contribution is 2.49. The van der Waals surface area contributed by atoms with Crippen molar-refractivity contribution in [3.63, 3.8) is 0 Å². The lowest BCUT2D eigenvalue weighted by molar-refractivity contribution is 0.670. The van der Waals surface area contributed by atoms with Crippen LogP contribution in [-0.4, -0.2) is 0 Å². The van der Waals surface area contributed by atoms with Crippen LogP contribution in [0.4, 0.5) is 17.1 Å². The summed E-state index contributed by atoms with van der Waals surface area (Å²) < 4.78 is 6.87. The first-order chi connectivity index (χ1) is 26.8. The number of rotatable bonds is 5. The van der Waals surface area contributed by atoms with Gasteiger partial charge in [0.05, 0.1) is 16.8 Å². The van der Waals surface area contributed by atoms with Crippen molar-refractivity contribution in [3.8, 4) is 22.3 Å². The van der Waals surface area contributed by atoms with E-state index in [4.69, 9.17) is 4.42 Å². The Kier molecular flexibility index (Phi) is 6.90. The van der Waals surface area contributed by atoms with Crippen LogP contribution in [0.15, 0.2) is 205 Å². The predicted octanol–water partition coefficient (Wildman–Crippen LogP) is 15.0. The van der Waals surface area contributed by atoms with Crippen molar-refractivity contribution in [2.75, 3.05) is 4.90 Å². The van der Waals surface area contributed by atoms with E-state index in [2.05, 4.69) is 205 Å². The average Bonchev–Trinajstić information content (AvgIpc) is 3.64. The molecular formula is C52H33NO. The second-order valence-electron chi connectivity index (χ2n) is 14.1. The summed E-state index contributed by atoms with van der Waals surface area (Å²) in [6, 6.07) is 72.3. The van der Waals surface area contributed by atoms with Crippen LogP contribution in [0.2, 0.25) is 0 Å². The van der Waals surface area contributed by atoms with Gasteiger partial charge in [-0.3, -0.25) is 0 Å². The highest BCUT2D eigenvalue weighted by molar-refractivity contribution is 6.21. The maximum absolute atomic E-state index is 6.87. The second-order valence-corrected chi connectivity index (χ2v) is 14.1. The van der Waals surface area contributed by atoms with Crippen molar-refractivity contribution < 1.29 is 4.42 Å². The summed E-state index contributed by atoms with van der Waals surface area (Å²) in [6.45, 7) is 0. The lowest BCUT2D eigenvalue weighted by atomic mass is 9.96. The molecule has 0 unspecified atom stereocenters. The Morgan fingerprint density at radius 3 is 1.72 bits per heavy atom. The Hall–Kier alpha value is -7.16. The van der Waals surface area contributed by atoms with Gasteiger partial charge in [0.1, 0.15) is 11.2 Å². The highest BCUT2D eigenvalue weighted by atomic mass is 16.3. The molecule has 1 heterocycles. The van der Waals surface area contributed by atoms with E-state index in [9.17, 15) is 0 Å². The topological polar surface area (TPSA) is 16.4 Å². The van der Waals surface area contributed by atoms with E-state index in [0.29, 0.717) is 0 Å². The molecule has 2 nitrogen and oxygen atoms in total. The molecule has 0 aliphatic carbocycles. The van der Waals surface area contributed by atoms with Gasteiger partial charge in [-0.2, -0.15) is 0 Å². The van der Waals surface area contributed by atoms with Crippen LogP contribution in [0.5, 0.6) is 0 Å². The molecule has 0 aliphatic heterocycles. The summed E-state index contributed by atoms with van der Waals surface area (Å²) >= 11 is 0. The average molecular weight is 688 g/mol. The summed E-state index contributed by atoms with van der Waals surface area (Å²) in [5.41, 5.74) is 9.60. The van der Waals surface area contributed by atoms with E-state index in [0.717, 1.165) is 50.1 Å². The third-order valence-electron chi connectivity index (χ3n) is 11.0. The third kappa shape index (κ3) is 4.81. The van der Waals surface area contributed by atoms with Crippen LogP contribution in [0.3, 0.4) is 0 Å². The lowest BCUT2D eigenvalue weighted by Crippen LogP contribution is -2.11. The van der Waals surface area contributed by atoms with E-state index in [-0.39, 0.29) is 0 Å². The Labute approximate surface area is 312 Å². The number of para-hydroxylation sites is 1. The standard InChI is InChI=1S/C52H33NO/c1-2-11-34(12-3-1)35-21-23-38(24-22-35)44-31-32-48(51-45-18-8-9-20-49(45)54-52(44)51)53(41-30-29-39-26-25-36-13-4-6-16-42(36)46(39)33-41)47-19-10-15-40-28-27-37-14-5-7-17-43(37)50(40)47/h1-33H. The van der Waals surface area contributed by atoms with Crippen molar-refractivity contribution in [1.82, 2.24) is 0 Å². The molecule has 11 rings (SSSR count). The van der Waals surface area contributed by atoms with Crippen molar-refractivity contribution >= 4 is 82.1 Å². The van der Waals surface area contributed by atoms with Crippen LogP contribution < -0.4 is 4.90 Å². The zero-order chi connectivity index (χ0) is 35.6. The molecule has 252 valence electrons. The fourth-order valence-electron chi connectivity index (χ4n) is 8.46. The summed E-state index contributed by atoms with van der Waals surface area (Å²) in [7, 11) is 0. The van der Waals surface area contributed by atoms with E-state index < -0.39 is 0 Å². The summed E-state index contributed by atoms with van der Waals surface area (Å²) in [5, 5.41) is 12.0. The van der Waals surface area contributed by atoms with Gasteiger partial charge in [-0.1, -0.05) is 164 Å². The molecule has 0 aliphatic rings. The maximum Gasteiger partial charge on any atom is 0.145 e. The van der Waals surface area contributed by atoms with Gasteiger partial charge in [-0.05, 0) is 90.8 Å². The molecule has 0 spiro atoms. The zero-order valence-corrected chi connectivity index (χ0v) is 29.4. The van der Waals surface area contributed by atoms with Gasteiger partial charge >= 0.3 is 0 Å². The number of nitrogens with zero attached hydrogens (tertiary/aromatic N) is 1. The molecule has 10 aromatic carbocycles. The van der Waals surface area contributed by atoms with Gasteiger partial charge in [0.2, 0.25) is 0 Å². The van der Waals surface area contributed by atoms with E-state index >= 15 is 0 Å². The molecule has 54 heavy (non-hydrogen) atoms. The van der Waals surface area contributed by atoms with Gasteiger partial charge < -0.3 is 9.32 Å². The van der Waals surface area contributed by atoms with Gasteiger partial charge in [0.25, 0.3) is 0 Å². The molecule has 0 radical (unpaired) electrons. The molecule has 2 heteroatoms. The molecule has 11 aromatic rings. The van der Waals surface area contributed by atoms with E-state index in [1.807, 2.05) is 0 Å². The van der Waals surface area contributed by atoms with Gasteiger partial charge in [0, 0.05) is 22.0 Å². The normalized spacial score (nSPS) is 11.7. The van der Waals surface area contributed by atoms with Gasteiger partial charge in [-0.25, -0.2) is 0 Å². The maximum atomic E-state index is 6.87. The Morgan fingerprint density at radius 2 is 0.907 bits per heavy atom. The van der Waals surface area contributed by atoms with Crippen LogP contribution >= 0.6 is 0 Å². The van der Waals surface area contributed by atoms with Crippen molar-refractivity contribution in [2.45, 2.75) is 0 Å². The number of fused-ring (bicyclic) bond motifs is 9. The van der Waals surface area contributed by atoms with Crippen LogP contribution in [0.1, 0.15) is 0 Å². The number of anilines is 3. The highest BCUT2D eigenvalue weighted by Gasteiger charge is 2.24. The minimum atomic E-state index is 0.870. The predicted molar refractivity (Wildman–Crippen MR) is 229 cm³/mol. The SMILES string of the molecule is c1ccc(-c2ccc(-c3ccc(N(c4ccc5ccc6ccccc6c5c4)c4cccc5ccc6ccccc6c45)c4c3oc3ccccc34)cc2)cc1. The lowest BCUT2D eigenvalue weighted by Gasteiger charge is -2.29. The Bertz CT molecular complexity index is 3210. The molecule has 0 bridgehead atoms. The fourth-order valence-corrected chi connectivity index (χ4v) is 8.46. The van der Waals surface area contributed by atoms with Crippen molar-refractivity contribution in [2.24, 2.45) is 0 Å².